The number of ether oxygens (including phenoxy) is 1. The standard InChI is InChI=1S/C13H18N2O4/c1-3-6-10(12(16)17)15-13(18)14-9-7-4-5-8-11(9)19-2/h4-5,7-8,10H,3,6H2,1-2H3,(H,16,17)(H2,14,15,18). The van der Waals surface area contributed by atoms with Gasteiger partial charge in [-0.05, 0) is 18.6 Å². The van der Waals surface area contributed by atoms with Gasteiger partial charge in [0.15, 0.2) is 0 Å². The van der Waals surface area contributed by atoms with E-state index in [4.69, 9.17) is 9.84 Å². The Balaban J connectivity index is 2.66. The van der Waals surface area contributed by atoms with E-state index in [1.165, 1.54) is 7.11 Å². The summed E-state index contributed by atoms with van der Waals surface area (Å²) in [4.78, 5) is 22.7. The SMILES string of the molecule is CCCC(NC(=O)Nc1ccccc1OC)C(=O)O. The van der Waals surface area contributed by atoms with Crippen LogP contribution in [-0.4, -0.2) is 30.3 Å². The summed E-state index contributed by atoms with van der Waals surface area (Å²) >= 11 is 0. The number of urea groups is 1. The molecule has 1 unspecified atom stereocenters. The highest BCUT2D eigenvalue weighted by molar-refractivity contribution is 5.93. The van der Waals surface area contributed by atoms with Gasteiger partial charge < -0.3 is 20.5 Å². The normalized spacial score (nSPS) is 11.5. The van der Waals surface area contributed by atoms with Gasteiger partial charge in [-0.15, -0.1) is 0 Å². The first-order valence-corrected chi connectivity index (χ1v) is 6.01. The smallest absolute Gasteiger partial charge is 0.326 e. The number of rotatable bonds is 6. The zero-order valence-electron chi connectivity index (χ0n) is 11.0. The fraction of sp³-hybridized carbons (Fsp3) is 0.385. The van der Waals surface area contributed by atoms with Crippen molar-refractivity contribution in [2.45, 2.75) is 25.8 Å². The van der Waals surface area contributed by atoms with Gasteiger partial charge >= 0.3 is 12.0 Å². The van der Waals surface area contributed by atoms with Crippen molar-refractivity contribution in [3.05, 3.63) is 24.3 Å². The molecule has 104 valence electrons. The number of hydrogen-bond donors (Lipinski definition) is 3. The average Bonchev–Trinajstić information content (AvgIpc) is 2.38. The molecule has 0 spiro atoms. The topological polar surface area (TPSA) is 87.7 Å². The van der Waals surface area contributed by atoms with Crippen molar-refractivity contribution in [2.75, 3.05) is 12.4 Å². The molecule has 0 radical (unpaired) electrons. The number of carbonyl (C=O) groups excluding carboxylic acids is 1. The molecule has 0 aliphatic heterocycles. The number of para-hydroxylation sites is 2. The molecule has 6 heteroatoms. The fourth-order valence-corrected chi connectivity index (χ4v) is 1.61. The molecule has 1 atom stereocenters. The minimum Gasteiger partial charge on any atom is -0.495 e. The molecule has 1 aromatic carbocycles. The number of methoxy groups -OCH3 is 1. The van der Waals surface area contributed by atoms with Gasteiger partial charge in [0.25, 0.3) is 0 Å². The molecular weight excluding hydrogens is 248 g/mol. The third-order valence-corrected chi connectivity index (χ3v) is 2.54. The van der Waals surface area contributed by atoms with Crippen molar-refractivity contribution in [1.29, 1.82) is 0 Å². The summed E-state index contributed by atoms with van der Waals surface area (Å²) in [7, 11) is 1.50. The molecule has 19 heavy (non-hydrogen) atoms. The van der Waals surface area contributed by atoms with Crippen molar-refractivity contribution in [2.24, 2.45) is 0 Å². The van der Waals surface area contributed by atoms with Gasteiger partial charge in [0.05, 0.1) is 12.8 Å². The van der Waals surface area contributed by atoms with Crippen molar-refractivity contribution >= 4 is 17.7 Å². The van der Waals surface area contributed by atoms with Crippen LogP contribution in [0.5, 0.6) is 5.75 Å². The molecule has 0 saturated carbocycles. The molecule has 0 bridgehead atoms. The lowest BCUT2D eigenvalue weighted by Crippen LogP contribution is -2.42. The largest absolute Gasteiger partial charge is 0.495 e. The van der Waals surface area contributed by atoms with Crippen LogP contribution in [0.2, 0.25) is 0 Å². The van der Waals surface area contributed by atoms with E-state index in [9.17, 15) is 9.59 Å². The second kappa shape index (κ2) is 7.25. The van der Waals surface area contributed by atoms with E-state index in [1.807, 2.05) is 6.92 Å². The Kier molecular flexibility index (Phi) is 5.66. The Morgan fingerprint density at radius 3 is 2.63 bits per heavy atom. The first-order chi connectivity index (χ1) is 9.08. The Bertz CT molecular complexity index is 448. The van der Waals surface area contributed by atoms with Crippen molar-refractivity contribution < 1.29 is 19.4 Å². The molecule has 1 rings (SSSR count). The van der Waals surface area contributed by atoms with Gasteiger partial charge in [-0.3, -0.25) is 0 Å². The minimum atomic E-state index is -1.04. The number of amides is 2. The lowest BCUT2D eigenvalue weighted by molar-refractivity contribution is -0.139. The molecule has 0 aliphatic rings. The lowest BCUT2D eigenvalue weighted by atomic mass is 10.2. The van der Waals surface area contributed by atoms with Crippen LogP contribution in [0.3, 0.4) is 0 Å². The monoisotopic (exact) mass is 266 g/mol. The number of carboxylic acids is 1. The van der Waals surface area contributed by atoms with E-state index < -0.39 is 18.0 Å². The number of hydrogen-bond acceptors (Lipinski definition) is 3. The summed E-state index contributed by atoms with van der Waals surface area (Å²) in [6.45, 7) is 1.86. The maximum atomic E-state index is 11.7. The average molecular weight is 266 g/mol. The Morgan fingerprint density at radius 1 is 1.37 bits per heavy atom. The highest BCUT2D eigenvalue weighted by atomic mass is 16.5. The molecule has 1 aromatic rings. The number of anilines is 1. The van der Waals surface area contributed by atoms with E-state index in [0.29, 0.717) is 24.3 Å². The maximum Gasteiger partial charge on any atom is 0.326 e. The highest BCUT2D eigenvalue weighted by Crippen LogP contribution is 2.22. The number of benzene rings is 1. The zero-order chi connectivity index (χ0) is 14.3. The van der Waals surface area contributed by atoms with Gasteiger partial charge in [-0.2, -0.15) is 0 Å². The van der Waals surface area contributed by atoms with Gasteiger partial charge in [0.1, 0.15) is 11.8 Å². The van der Waals surface area contributed by atoms with Gasteiger partial charge in [-0.25, -0.2) is 9.59 Å². The summed E-state index contributed by atoms with van der Waals surface area (Å²) in [5.74, 6) is -0.531. The van der Waals surface area contributed by atoms with Crippen LogP contribution < -0.4 is 15.4 Å². The first kappa shape index (κ1) is 14.8. The summed E-state index contributed by atoms with van der Waals surface area (Å²) < 4.78 is 5.09. The minimum absolute atomic E-state index is 0.384. The predicted octanol–water partition coefficient (Wildman–Crippen LogP) is 2.07. The molecular formula is C13H18N2O4. The van der Waals surface area contributed by atoms with Crippen LogP contribution in [0, 0.1) is 0 Å². The van der Waals surface area contributed by atoms with Crippen molar-refractivity contribution in [1.82, 2.24) is 5.32 Å². The highest BCUT2D eigenvalue weighted by Gasteiger charge is 2.19. The van der Waals surface area contributed by atoms with Crippen LogP contribution >= 0.6 is 0 Å². The van der Waals surface area contributed by atoms with Crippen LogP contribution in [-0.2, 0) is 4.79 Å². The van der Waals surface area contributed by atoms with Gasteiger partial charge in [-0.1, -0.05) is 25.5 Å². The van der Waals surface area contributed by atoms with Gasteiger partial charge in [0.2, 0.25) is 0 Å². The Labute approximate surface area is 111 Å². The van der Waals surface area contributed by atoms with E-state index in [1.54, 1.807) is 24.3 Å². The summed E-state index contributed by atoms with van der Waals surface area (Å²) in [5.41, 5.74) is 0.489. The second-order valence-electron chi connectivity index (χ2n) is 3.98. The van der Waals surface area contributed by atoms with Crippen LogP contribution in [0.4, 0.5) is 10.5 Å². The third-order valence-electron chi connectivity index (χ3n) is 2.54. The van der Waals surface area contributed by atoms with E-state index >= 15 is 0 Å². The quantitative estimate of drug-likeness (QED) is 0.735. The number of aliphatic carboxylic acids is 1. The summed E-state index contributed by atoms with van der Waals surface area (Å²) in [5, 5.41) is 13.9. The molecule has 0 aliphatic carbocycles. The van der Waals surface area contributed by atoms with Gasteiger partial charge in [0, 0.05) is 0 Å². The van der Waals surface area contributed by atoms with Crippen molar-refractivity contribution in [3.63, 3.8) is 0 Å². The first-order valence-electron chi connectivity index (χ1n) is 6.01. The molecule has 6 nitrogen and oxygen atoms in total. The molecule has 0 saturated heterocycles. The predicted molar refractivity (Wildman–Crippen MR) is 71.5 cm³/mol. The Hall–Kier alpha value is -2.24. The van der Waals surface area contributed by atoms with Crippen LogP contribution in [0.15, 0.2) is 24.3 Å². The summed E-state index contributed by atoms with van der Waals surface area (Å²) in [6.07, 6.45) is 1.06. The number of carboxylic acid groups (broad SMARTS) is 1. The second-order valence-corrected chi connectivity index (χ2v) is 3.98. The van der Waals surface area contributed by atoms with E-state index in [2.05, 4.69) is 10.6 Å². The van der Waals surface area contributed by atoms with Crippen LogP contribution in [0.1, 0.15) is 19.8 Å². The molecule has 3 N–H and O–H groups in total. The molecule has 0 heterocycles. The summed E-state index contributed by atoms with van der Waals surface area (Å²) in [6, 6.07) is 5.45. The molecule has 2 amide bonds. The van der Waals surface area contributed by atoms with E-state index in [0.717, 1.165) is 0 Å². The third kappa shape index (κ3) is 4.50. The lowest BCUT2D eigenvalue weighted by Gasteiger charge is -2.15. The maximum absolute atomic E-state index is 11.7. The van der Waals surface area contributed by atoms with E-state index in [-0.39, 0.29) is 0 Å². The zero-order valence-corrected chi connectivity index (χ0v) is 11.0. The molecule has 0 fully saturated rings. The Morgan fingerprint density at radius 2 is 2.05 bits per heavy atom. The van der Waals surface area contributed by atoms with Crippen molar-refractivity contribution in [3.8, 4) is 5.75 Å². The van der Waals surface area contributed by atoms with Crippen LogP contribution in [0.25, 0.3) is 0 Å². The number of nitrogens with one attached hydrogen (secondary N) is 2. The fourth-order valence-electron chi connectivity index (χ4n) is 1.61. The molecule has 0 aromatic heterocycles. The number of carbonyl (C=O) groups is 2.